The summed E-state index contributed by atoms with van der Waals surface area (Å²) >= 11 is 1.72. The van der Waals surface area contributed by atoms with Crippen molar-refractivity contribution in [1.82, 2.24) is 15.3 Å². The number of hydrogen-bond donors (Lipinski definition) is 1. The molecule has 0 saturated carbocycles. The number of nitrogens with zero attached hydrogens (tertiary/aromatic N) is 2. The molecule has 2 rings (SSSR count). The first-order valence-corrected chi connectivity index (χ1v) is 13.3. The molecule has 132 valence electrons. The average molecular weight is 378 g/mol. The van der Waals surface area contributed by atoms with E-state index in [4.69, 9.17) is 3.63 Å². The molecule has 0 aromatic carbocycles. The number of thioether (sulfide) groups is 1. The molecule has 1 aliphatic heterocycles. The standard InChI is InChI=1S/C15H27N3O2S3/c1-14(19)16-9-5-11-22(2)13-23(3,20-22)12-6-10-21-15-17-7-4-8-18-15/h4,7-8H,5-6,9-13H2,1-3H3,(H,16,19). The molecule has 23 heavy (non-hydrogen) atoms. The molecule has 0 radical (unpaired) electrons. The van der Waals surface area contributed by atoms with Gasteiger partial charge in [-0.25, -0.2) is 9.97 Å². The van der Waals surface area contributed by atoms with Crippen LogP contribution in [0.1, 0.15) is 19.8 Å². The van der Waals surface area contributed by atoms with Crippen LogP contribution in [-0.2, 0) is 8.42 Å². The predicted molar refractivity (Wildman–Crippen MR) is 103 cm³/mol. The highest BCUT2D eigenvalue weighted by Crippen LogP contribution is 2.77. The number of rotatable bonds is 9. The van der Waals surface area contributed by atoms with Crippen molar-refractivity contribution in [2.24, 2.45) is 0 Å². The lowest BCUT2D eigenvalue weighted by molar-refractivity contribution is -0.118. The fraction of sp³-hybridized carbons (Fsp3) is 0.667. The van der Waals surface area contributed by atoms with Gasteiger partial charge in [-0.3, -0.25) is 8.42 Å². The number of nitrogens with one attached hydrogen (secondary N) is 1. The zero-order chi connectivity index (χ0) is 16.8. The second-order valence-corrected chi connectivity index (χ2v) is 14.1. The summed E-state index contributed by atoms with van der Waals surface area (Å²) in [7, 11) is -1.74. The van der Waals surface area contributed by atoms with Gasteiger partial charge in [0.1, 0.15) is 0 Å². The molecule has 2 atom stereocenters. The summed E-state index contributed by atoms with van der Waals surface area (Å²) in [6.07, 6.45) is 10.3. The van der Waals surface area contributed by atoms with Crippen molar-refractivity contribution in [2.75, 3.05) is 41.4 Å². The highest BCUT2D eigenvalue weighted by atomic mass is 32.4. The van der Waals surface area contributed by atoms with Crippen molar-refractivity contribution < 1.29 is 8.42 Å². The minimum atomic E-state index is -0.880. The van der Waals surface area contributed by atoms with E-state index in [1.54, 1.807) is 31.1 Å². The summed E-state index contributed by atoms with van der Waals surface area (Å²) in [6, 6.07) is 1.84. The second kappa shape index (κ2) is 8.60. The van der Waals surface area contributed by atoms with Gasteiger partial charge in [-0.05, 0) is 31.4 Å². The van der Waals surface area contributed by atoms with Crippen LogP contribution < -0.4 is 5.32 Å². The van der Waals surface area contributed by atoms with Crippen molar-refractivity contribution in [1.29, 1.82) is 0 Å². The fourth-order valence-electron chi connectivity index (χ4n) is 2.63. The monoisotopic (exact) mass is 377 g/mol. The Kier molecular flexibility index (Phi) is 7.06. The molecule has 0 spiro atoms. The molecule has 2 unspecified atom stereocenters. The van der Waals surface area contributed by atoms with Gasteiger partial charge >= 0.3 is 0 Å². The van der Waals surface area contributed by atoms with Gasteiger partial charge in [0.15, 0.2) is 5.16 Å². The van der Waals surface area contributed by atoms with Gasteiger partial charge in [-0.1, -0.05) is 11.8 Å². The van der Waals surface area contributed by atoms with Gasteiger partial charge in [-0.2, -0.15) is 0 Å². The zero-order valence-corrected chi connectivity index (χ0v) is 16.6. The Bertz CT molecular complexity index is 510. The Morgan fingerprint density at radius 2 is 1.87 bits per heavy atom. The largest absolute Gasteiger partial charge is 0.356 e. The first kappa shape index (κ1) is 18.9. The van der Waals surface area contributed by atoms with Crippen molar-refractivity contribution in [2.45, 2.75) is 24.9 Å². The molecule has 0 aliphatic carbocycles. The van der Waals surface area contributed by atoms with Crippen LogP contribution in [0.15, 0.2) is 23.6 Å². The first-order chi connectivity index (χ1) is 10.9. The third kappa shape index (κ3) is 6.52. The van der Waals surface area contributed by atoms with E-state index in [1.807, 2.05) is 6.07 Å². The minimum absolute atomic E-state index is 0.0510. The van der Waals surface area contributed by atoms with Crippen LogP contribution in [0.5, 0.6) is 0 Å². The Morgan fingerprint density at radius 1 is 1.26 bits per heavy atom. The van der Waals surface area contributed by atoms with Crippen LogP contribution in [-0.4, -0.2) is 57.3 Å². The molecule has 2 heterocycles. The zero-order valence-electron chi connectivity index (χ0n) is 14.1. The number of carbonyl (C=O) groups excluding carboxylic acids is 1. The van der Waals surface area contributed by atoms with E-state index in [0.29, 0.717) is 0 Å². The van der Waals surface area contributed by atoms with E-state index in [9.17, 15) is 4.79 Å². The van der Waals surface area contributed by atoms with E-state index in [2.05, 4.69) is 27.8 Å². The maximum absolute atomic E-state index is 10.9. The van der Waals surface area contributed by atoms with Gasteiger partial charge < -0.3 is 5.32 Å². The summed E-state index contributed by atoms with van der Waals surface area (Å²) in [4.78, 5) is 19.3. The van der Waals surface area contributed by atoms with Gasteiger partial charge in [0.05, 0.1) is 5.08 Å². The SMILES string of the molecule is CC(=O)NCCCS1(C)CS(C)(CCCSc2ncccn2)O1. The normalized spacial score (nSPS) is 32.1. The molecular weight excluding hydrogens is 350 g/mol. The van der Waals surface area contributed by atoms with Crippen molar-refractivity contribution in [3.63, 3.8) is 0 Å². The second-order valence-electron chi connectivity index (χ2n) is 6.03. The maximum atomic E-state index is 10.9. The van der Waals surface area contributed by atoms with Crippen molar-refractivity contribution in [3.05, 3.63) is 18.5 Å². The molecule has 1 aromatic rings. The molecule has 8 heteroatoms. The van der Waals surface area contributed by atoms with Crippen molar-refractivity contribution >= 4 is 38.3 Å². The molecular formula is C15H27N3O2S3. The summed E-state index contributed by atoms with van der Waals surface area (Å²) < 4.78 is 6.39. The van der Waals surface area contributed by atoms with Crippen LogP contribution >= 0.6 is 32.4 Å². The van der Waals surface area contributed by atoms with Crippen LogP contribution in [0, 0.1) is 0 Å². The Labute approximate surface area is 146 Å². The fourth-order valence-corrected chi connectivity index (χ4v) is 13.9. The number of hydrogen-bond acceptors (Lipinski definition) is 5. The molecule has 1 N–H and O–H groups in total. The molecule has 5 nitrogen and oxygen atoms in total. The smallest absolute Gasteiger partial charge is 0.216 e. The van der Waals surface area contributed by atoms with Crippen LogP contribution in [0.3, 0.4) is 0 Å². The minimum Gasteiger partial charge on any atom is -0.356 e. The van der Waals surface area contributed by atoms with Crippen LogP contribution in [0.2, 0.25) is 0 Å². The molecule has 1 fully saturated rings. The van der Waals surface area contributed by atoms with E-state index in [0.717, 1.165) is 36.0 Å². The number of carbonyl (C=O) groups is 1. The number of aromatic nitrogens is 2. The summed E-state index contributed by atoms with van der Waals surface area (Å²) in [6.45, 7) is 2.33. The Balaban J connectivity index is 1.59. The summed E-state index contributed by atoms with van der Waals surface area (Å²) in [5.41, 5.74) is 0. The molecule has 1 aromatic heterocycles. The number of amides is 1. The quantitative estimate of drug-likeness (QED) is 0.407. The van der Waals surface area contributed by atoms with Gasteiger partial charge in [0, 0.05) is 43.1 Å². The van der Waals surface area contributed by atoms with Gasteiger partial charge in [0.25, 0.3) is 0 Å². The Morgan fingerprint density at radius 3 is 2.48 bits per heavy atom. The van der Waals surface area contributed by atoms with E-state index < -0.39 is 20.6 Å². The highest BCUT2D eigenvalue weighted by molar-refractivity contribution is 8.56. The molecule has 1 aliphatic rings. The van der Waals surface area contributed by atoms with Crippen molar-refractivity contribution in [3.8, 4) is 0 Å². The predicted octanol–water partition coefficient (Wildman–Crippen LogP) is 3.17. The maximum Gasteiger partial charge on any atom is 0.216 e. The average Bonchev–Trinajstić information content (AvgIpc) is 2.48. The lowest BCUT2D eigenvalue weighted by atomic mass is 10.5. The first-order valence-electron chi connectivity index (χ1n) is 7.74. The Hall–Kier alpha value is -0.440. The summed E-state index contributed by atoms with van der Waals surface area (Å²) in [5, 5.41) is 4.97. The molecule has 1 amide bonds. The van der Waals surface area contributed by atoms with E-state index in [-0.39, 0.29) is 5.91 Å². The van der Waals surface area contributed by atoms with Gasteiger partial charge in [-0.15, -0.1) is 20.6 Å². The summed E-state index contributed by atoms with van der Waals surface area (Å²) in [5.74, 6) is 3.36. The van der Waals surface area contributed by atoms with E-state index in [1.165, 1.54) is 10.8 Å². The van der Waals surface area contributed by atoms with E-state index >= 15 is 0 Å². The lowest BCUT2D eigenvalue weighted by Crippen LogP contribution is -2.32. The third-order valence-corrected chi connectivity index (χ3v) is 13.3. The highest BCUT2D eigenvalue weighted by Gasteiger charge is 2.42. The topological polar surface area (TPSA) is 64.1 Å². The van der Waals surface area contributed by atoms with Crippen LogP contribution in [0.25, 0.3) is 0 Å². The third-order valence-electron chi connectivity index (χ3n) is 3.45. The van der Waals surface area contributed by atoms with Gasteiger partial charge in [0.2, 0.25) is 5.91 Å². The lowest BCUT2D eigenvalue weighted by Gasteiger charge is -2.60. The molecule has 0 bridgehead atoms. The molecule has 1 saturated heterocycles. The van der Waals surface area contributed by atoms with Crippen LogP contribution in [0.4, 0.5) is 0 Å².